The number of aliphatic imine (C=N–C) groups is 1. The zero-order valence-corrected chi connectivity index (χ0v) is 18.5. The van der Waals surface area contributed by atoms with Crippen LogP contribution in [0.25, 0.3) is 0 Å². The molecule has 0 bridgehead atoms. The van der Waals surface area contributed by atoms with Crippen LogP contribution in [0.2, 0.25) is 0 Å². The van der Waals surface area contributed by atoms with Crippen molar-refractivity contribution in [3.05, 3.63) is 35.4 Å². The molecule has 0 spiro atoms. The fourth-order valence-electron chi connectivity index (χ4n) is 3.48. The molecule has 0 atom stereocenters. The number of nitrogens with zero attached hydrogens (tertiary/aromatic N) is 2. The highest BCUT2D eigenvalue weighted by molar-refractivity contribution is 7.88. The van der Waals surface area contributed by atoms with Crippen molar-refractivity contribution in [2.24, 2.45) is 10.9 Å². The van der Waals surface area contributed by atoms with E-state index in [1.54, 1.807) is 20.9 Å². The molecule has 0 aliphatic carbocycles. The van der Waals surface area contributed by atoms with Crippen LogP contribution in [0, 0.1) is 5.92 Å². The number of piperidine rings is 1. The zero-order chi connectivity index (χ0) is 21.4. The zero-order valence-electron chi connectivity index (χ0n) is 17.6. The molecular weight excluding hydrogens is 392 g/mol. The molecule has 2 rings (SSSR count). The fraction of sp³-hybridized carbons (Fsp3) is 0.600. The highest BCUT2D eigenvalue weighted by Crippen LogP contribution is 2.19. The maximum Gasteiger partial charge on any atom is 0.308 e. The second-order valence-electron chi connectivity index (χ2n) is 7.49. The molecule has 1 aliphatic heterocycles. The Labute approximate surface area is 173 Å². The molecule has 0 aromatic heterocycles. The maximum atomic E-state index is 12.3. The Morgan fingerprint density at radius 1 is 1.24 bits per heavy atom. The number of guanidine groups is 1. The van der Waals surface area contributed by atoms with Gasteiger partial charge in [0, 0.05) is 32.7 Å². The van der Waals surface area contributed by atoms with Gasteiger partial charge in [-0.15, -0.1) is 0 Å². The highest BCUT2D eigenvalue weighted by Gasteiger charge is 2.27. The molecule has 1 fully saturated rings. The van der Waals surface area contributed by atoms with E-state index in [4.69, 9.17) is 4.74 Å². The third-order valence-corrected chi connectivity index (χ3v) is 6.38. The number of carbonyl (C=O) groups is 1. The van der Waals surface area contributed by atoms with Crippen molar-refractivity contribution in [1.29, 1.82) is 0 Å². The quantitative estimate of drug-likeness (QED) is 0.391. The molecule has 9 heteroatoms. The van der Waals surface area contributed by atoms with Crippen molar-refractivity contribution in [2.45, 2.75) is 45.0 Å². The number of rotatable bonds is 7. The van der Waals surface area contributed by atoms with Crippen molar-refractivity contribution in [1.82, 2.24) is 14.9 Å². The van der Waals surface area contributed by atoms with Gasteiger partial charge in [0.05, 0.1) is 18.8 Å². The van der Waals surface area contributed by atoms with Crippen molar-refractivity contribution in [2.75, 3.05) is 27.2 Å². The van der Waals surface area contributed by atoms with Gasteiger partial charge >= 0.3 is 5.97 Å². The van der Waals surface area contributed by atoms with Gasteiger partial charge in [-0.25, -0.2) is 13.1 Å². The van der Waals surface area contributed by atoms with Gasteiger partial charge in [-0.05, 0) is 37.8 Å². The topological polar surface area (TPSA) is 100 Å². The van der Waals surface area contributed by atoms with Gasteiger partial charge in [0.1, 0.15) is 0 Å². The van der Waals surface area contributed by atoms with Gasteiger partial charge in [-0.3, -0.25) is 9.79 Å². The number of hydrogen-bond acceptors (Lipinski definition) is 5. The first kappa shape index (κ1) is 23.2. The lowest BCUT2D eigenvalue weighted by molar-refractivity contribution is -0.146. The summed E-state index contributed by atoms with van der Waals surface area (Å²) in [5, 5.41) is 3.32. The Morgan fingerprint density at radius 3 is 2.41 bits per heavy atom. The predicted molar refractivity (Wildman–Crippen MR) is 114 cm³/mol. The van der Waals surface area contributed by atoms with Crippen LogP contribution in [0.4, 0.5) is 0 Å². The number of esters is 1. The van der Waals surface area contributed by atoms with Crippen LogP contribution in [0.15, 0.2) is 29.3 Å². The average molecular weight is 425 g/mol. The molecule has 162 valence electrons. The molecule has 1 heterocycles. The standard InChI is InChI=1S/C20H32N4O4S/c1-15(2)23-29(26,27)14-18-8-6-5-7-17(18)13-22-20(21-3)24-11-9-16(10-12-24)19(25)28-4/h5-8,15-16,23H,9-14H2,1-4H3,(H,21,22). The third kappa shape index (κ3) is 7.01. The minimum atomic E-state index is -3.40. The summed E-state index contributed by atoms with van der Waals surface area (Å²) in [5.41, 5.74) is 1.67. The third-order valence-electron chi connectivity index (χ3n) is 4.86. The van der Waals surface area contributed by atoms with E-state index in [1.165, 1.54) is 7.11 Å². The normalized spacial score (nSPS) is 16.2. The monoisotopic (exact) mass is 424 g/mol. The molecule has 0 unspecified atom stereocenters. The van der Waals surface area contributed by atoms with Crippen molar-refractivity contribution in [3.8, 4) is 0 Å². The van der Waals surface area contributed by atoms with E-state index in [2.05, 4.69) is 19.9 Å². The van der Waals surface area contributed by atoms with Gasteiger partial charge in [-0.1, -0.05) is 24.3 Å². The maximum absolute atomic E-state index is 12.3. The molecule has 8 nitrogen and oxygen atoms in total. The van der Waals surface area contributed by atoms with E-state index in [0.717, 1.165) is 29.9 Å². The van der Waals surface area contributed by atoms with Crippen LogP contribution < -0.4 is 10.0 Å². The number of likely N-dealkylation sites (tertiary alicyclic amines) is 1. The van der Waals surface area contributed by atoms with Crippen LogP contribution in [-0.2, 0) is 31.9 Å². The Balaban J connectivity index is 1.99. The molecule has 1 aromatic rings. The molecule has 0 radical (unpaired) electrons. The number of nitrogens with one attached hydrogen (secondary N) is 2. The molecule has 1 aliphatic rings. The van der Waals surface area contributed by atoms with Gasteiger partial charge in [0.2, 0.25) is 10.0 Å². The van der Waals surface area contributed by atoms with Gasteiger partial charge in [0.25, 0.3) is 0 Å². The Morgan fingerprint density at radius 2 is 1.86 bits per heavy atom. The first-order chi connectivity index (χ1) is 13.8. The van der Waals surface area contributed by atoms with Crippen molar-refractivity contribution in [3.63, 3.8) is 0 Å². The summed E-state index contributed by atoms with van der Waals surface area (Å²) < 4.78 is 32.1. The van der Waals surface area contributed by atoms with Crippen LogP contribution in [-0.4, -0.2) is 58.5 Å². The lowest BCUT2D eigenvalue weighted by Crippen LogP contribution is -2.46. The number of hydrogen-bond donors (Lipinski definition) is 2. The van der Waals surface area contributed by atoms with E-state index in [-0.39, 0.29) is 23.7 Å². The summed E-state index contributed by atoms with van der Waals surface area (Å²) in [7, 11) is -0.260. The Hall–Kier alpha value is -2.13. The Bertz CT molecular complexity index is 816. The summed E-state index contributed by atoms with van der Waals surface area (Å²) in [6.07, 6.45) is 1.45. The van der Waals surface area contributed by atoms with Gasteiger partial charge in [0.15, 0.2) is 5.96 Å². The molecule has 1 aromatic carbocycles. The molecule has 2 N–H and O–H groups in total. The lowest BCUT2D eigenvalue weighted by atomic mass is 9.97. The Kier molecular flexibility index (Phi) is 8.45. The van der Waals surface area contributed by atoms with Crippen LogP contribution in [0.3, 0.4) is 0 Å². The SMILES string of the molecule is CN=C(NCc1ccccc1CS(=O)(=O)NC(C)C)N1CCC(C(=O)OC)CC1. The van der Waals surface area contributed by atoms with E-state index in [9.17, 15) is 13.2 Å². The van der Waals surface area contributed by atoms with E-state index >= 15 is 0 Å². The minimum absolute atomic E-state index is 0.0613. The molecule has 1 saturated heterocycles. The first-order valence-electron chi connectivity index (χ1n) is 9.86. The van der Waals surface area contributed by atoms with Crippen LogP contribution >= 0.6 is 0 Å². The number of ether oxygens (including phenoxy) is 1. The van der Waals surface area contributed by atoms with Gasteiger partial charge < -0.3 is 15.0 Å². The number of sulfonamides is 1. The fourth-order valence-corrected chi connectivity index (χ4v) is 4.97. The second kappa shape index (κ2) is 10.6. The predicted octanol–water partition coefficient (Wildman–Crippen LogP) is 1.47. The summed E-state index contributed by atoms with van der Waals surface area (Å²) in [6.45, 7) is 5.51. The van der Waals surface area contributed by atoms with Crippen molar-refractivity contribution >= 4 is 22.0 Å². The second-order valence-corrected chi connectivity index (χ2v) is 9.24. The molecule has 0 saturated carbocycles. The smallest absolute Gasteiger partial charge is 0.308 e. The number of carbonyl (C=O) groups excluding carboxylic acids is 1. The first-order valence-corrected chi connectivity index (χ1v) is 11.5. The van der Waals surface area contributed by atoms with Gasteiger partial charge in [-0.2, -0.15) is 0 Å². The molecule has 29 heavy (non-hydrogen) atoms. The van der Waals surface area contributed by atoms with Crippen LogP contribution in [0.5, 0.6) is 0 Å². The van der Waals surface area contributed by atoms with E-state index < -0.39 is 10.0 Å². The summed E-state index contributed by atoms with van der Waals surface area (Å²) in [5.74, 6) is 0.462. The lowest BCUT2D eigenvalue weighted by Gasteiger charge is -2.33. The largest absolute Gasteiger partial charge is 0.469 e. The van der Waals surface area contributed by atoms with E-state index in [1.807, 2.05) is 24.3 Å². The number of methoxy groups -OCH3 is 1. The van der Waals surface area contributed by atoms with Crippen LogP contribution in [0.1, 0.15) is 37.8 Å². The summed E-state index contributed by atoms with van der Waals surface area (Å²) in [4.78, 5) is 18.2. The summed E-state index contributed by atoms with van der Waals surface area (Å²) >= 11 is 0. The average Bonchev–Trinajstić information content (AvgIpc) is 2.68. The van der Waals surface area contributed by atoms with Crippen molar-refractivity contribution < 1.29 is 17.9 Å². The highest BCUT2D eigenvalue weighted by atomic mass is 32.2. The minimum Gasteiger partial charge on any atom is -0.469 e. The van der Waals surface area contributed by atoms with E-state index in [0.29, 0.717) is 19.6 Å². The molecular formula is C20H32N4O4S. The summed E-state index contributed by atoms with van der Waals surface area (Å²) in [6, 6.07) is 7.35. The molecule has 0 amide bonds. The number of benzene rings is 1.